The summed E-state index contributed by atoms with van der Waals surface area (Å²) in [5.74, 6) is 1.68. The zero-order chi connectivity index (χ0) is 20.4. The minimum absolute atomic E-state index is 0. The van der Waals surface area contributed by atoms with Gasteiger partial charge in [-0.3, -0.25) is 14.7 Å². The van der Waals surface area contributed by atoms with Crippen molar-refractivity contribution in [2.75, 3.05) is 52.4 Å². The molecule has 0 aromatic carbocycles. The monoisotopic (exact) mass is 523 g/mol. The fourth-order valence-corrected chi connectivity index (χ4v) is 4.01. The minimum atomic E-state index is 0. The molecule has 0 aromatic rings. The molecule has 0 spiro atoms. The zero-order valence-corrected chi connectivity index (χ0v) is 21.1. The molecule has 2 saturated heterocycles. The Balaban J connectivity index is 0.00000420. The van der Waals surface area contributed by atoms with E-state index in [1.165, 1.54) is 6.42 Å². The number of ether oxygens (including phenoxy) is 1. The van der Waals surface area contributed by atoms with E-state index in [1.807, 2.05) is 4.90 Å². The molecule has 0 radical (unpaired) electrons. The smallest absolute Gasteiger partial charge is 0.224 e. The van der Waals surface area contributed by atoms with Crippen LogP contribution in [0.15, 0.2) is 4.99 Å². The van der Waals surface area contributed by atoms with Gasteiger partial charge >= 0.3 is 0 Å². The number of morpholine rings is 1. The molecule has 2 aliphatic rings. The van der Waals surface area contributed by atoms with Gasteiger partial charge in [0.25, 0.3) is 0 Å². The van der Waals surface area contributed by atoms with Gasteiger partial charge in [0.05, 0.1) is 19.3 Å². The highest BCUT2D eigenvalue weighted by Crippen LogP contribution is 2.17. The van der Waals surface area contributed by atoms with E-state index < -0.39 is 0 Å². The maximum Gasteiger partial charge on any atom is 0.224 e. The molecule has 2 aliphatic heterocycles. The van der Waals surface area contributed by atoms with Crippen molar-refractivity contribution in [2.24, 2.45) is 10.9 Å². The van der Waals surface area contributed by atoms with Crippen molar-refractivity contribution in [3.8, 4) is 0 Å². The van der Waals surface area contributed by atoms with Crippen LogP contribution in [-0.2, 0) is 9.53 Å². The third kappa shape index (κ3) is 9.83. The van der Waals surface area contributed by atoms with Crippen molar-refractivity contribution in [3.63, 3.8) is 0 Å². The van der Waals surface area contributed by atoms with Gasteiger partial charge in [0.1, 0.15) is 0 Å². The number of carbonyl (C=O) groups excluding carboxylic acids is 1. The summed E-state index contributed by atoms with van der Waals surface area (Å²) in [7, 11) is 0. The summed E-state index contributed by atoms with van der Waals surface area (Å²) in [6, 6.07) is 0.375. The molecular weight excluding hydrogens is 481 g/mol. The fraction of sp³-hybridized carbons (Fsp3) is 0.905. The van der Waals surface area contributed by atoms with E-state index in [0.29, 0.717) is 31.5 Å². The van der Waals surface area contributed by atoms with Crippen molar-refractivity contribution in [2.45, 2.75) is 65.5 Å². The number of halogens is 1. The molecule has 2 atom stereocenters. The van der Waals surface area contributed by atoms with Crippen LogP contribution in [0, 0.1) is 5.92 Å². The largest absolute Gasteiger partial charge is 0.374 e. The zero-order valence-electron chi connectivity index (χ0n) is 18.8. The molecule has 0 bridgehead atoms. The Morgan fingerprint density at radius 3 is 2.72 bits per heavy atom. The Bertz CT molecular complexity index is 503. The summed E-state index contributed by atoms with van der Waals surface area (Å²) in [4.78, 5) is 21.7. The lowest BCUT2D eigenvalue weighted by Crippen LogP contribution is -2.46. The Kier molecular flexibility index (Phi) is 13.1. The van der Waals surface area contributed by atoms with E-state index >= 15 is 0 Å². The van der Waals surface area contributed by atoms with Crippen LogP contribution in [0.5, 0.6) is 0 Å². The molecule has 2 rings (SSSR count). The fourth-order valence-electron chi connectivity index (χ4n) is 4.01. The van der Waals surface area contributed by atoms with Gasteiger partial charge in [0, 0.05) is 51.7 Å². The number of hydrogen-bond acceptors (Lipinski definition) is 4. The Morgan fingerprint density at radius 2 is 2.03 bits per heavy atom. The van der Waals surface area contributed by atoms with E-state index in [2.05, 4.69) is 43.2 Å². The second-order valence-electron chi connectivity index (χ2n) is 8.47. The number of aliphatic imine (C=N–C) groups is 1. The molecule has 0 aliphatic carbocycles. The number of nitrogens with one attached hydrogen (secondary N) is 2. The van der Waals surface area contributed by atoms with Crippen LogP contribution in [0.4, 0.5) is 0 Å². The molecule has 8 heteroatoms. The van der Waals surface area contributed by atoms with Crippen molar-refractivity contribution < 1.29 is 9.53 Å². The number of rotatable bonds is 8. The van der Waals surface area contributed by atoms with E-state index in [0.717, 1.165) is 58.1 Å². The molecule has 1 amide bonds. The molecular formula is C21H42IN5O2. The predicted molar refractivity (Wildman–Crippen MR) is 130 cm³/mol. The third-order valence-electron chi connectivity index (χ3n) is 5.40. The van der Waals surface area contributed by atoms with Crippen LogP contribution in [0.2, 0.25) is 0 Å². The van der Waals surface area contributed by atoms with Crippen LogP contribution in [0.3, 0.4) is 0 Å². The van der Waals surface area contributed by atoms with E-state index in [1.54, 1.807) is 0 Å². The van der Waals surface area contributed by atoms with Gasteiger partial charge in [0.15, 0.2) is 5.96 Å². The summed E-state index contributed by atoms with van der Waals surface area (Å²) < 4.78 is 5.89. The molecule has 29 heavy (non-hydrogen) atoms. The van der Waals surface area contributed by atoms with Gasteiger partial charge in [-0.25, -0.2) is 0 Å². The average Bonchev–Trinajstić information content (AvgIpc) is 2.66. The Hall–Kier alpha value is -0.610. The molecule has 0 aromatic heterocycles. The van der Waals surface area contributed by atoms with Gasteiger partial charge in [0.2, 0.25) is 5.91 Å². The highest BCUT2D eigenvalue weighted by molar-refractivity contribution is 14.0. The van der Waals surface area contributed by atoms with Crippen LogP contribution in [0.1, 0.15) is 53.4 Å². The number of amides is 1. The number of hydrogen-bond donors (Lipinski definition) is 2. The maximum atomic E-state index is 12.5. The SMILES string of the molecule is CCNC(=NCC1CN(CC(C)C)CCO1)NCCC(=O)N1CCCCC1C.I. The van der Waals surface area contributed by atoms with Gasteiger partial charge in [-0.15, -0.1) is 24.0 Å². The highest BCUT2D eigenvalue weighted by atomic mass is 127. The van der Waals surface area contributed by atoms with Crippen molar-refractivity contribution in [3.05, 3.63) is 0 Å². The number of carbonyl (C=O) groups is 1. The van der Waals surface area contributed by atoms with Crippen LogP contribution in [-0.4, -0.2) is 86.2 Å². The second-order valence-corrected chi connectivity index (χ2v) is 8.47. The first kappa shape index (κ1) is 26.4. The first-order valence-corrected chi connectivity index (χ1v) is 11.1. The molecule has 2 fully saturated rings. The van der Waals surface area contributed by atoms with Crippen LogP contribution >= 0.6 is 24.0 Å². The van der Waals surface area contributed by atoms with Gasteiger partial charge in [-0.1, -0.05) is 13.8 Å². The lowest BCUT2D eigenvalue weighted by Gasteiger charge is -2.33. The van der Waals surface area contributed by atoms with Gasteiger partial charge < -0.3 is 20.3 Å². The normalized spacial score (nSPS) is 23.6. The molecule has 2 N–H and O–H groups in total. The molecule has 2 unspecified atom stereocenters. The summed E-state index contributed by atoms with van der Waals surface area (Å²) in [5, 5.41) is 6.58. The van der Waals surface area contributed by atoms with Gasteiger partial charge in [-0.05, 0) is 39.0 Å². The maximum absolute atomic E-state index is 12.5. The number of piperidine rings is 1. The first-order valence-electron chi connectivity index (χ1n) is 11.1. The van der Waals surface area contributed by atoms with Crippen molar-refractivity contribution in [1.82, 2.24) is 20.4 Å². The van der Waals surface area contributed by atoms with E-state index in [-0.39, 0.29) is 36.0 Å². The number of guanidine groups is 1. The standard InChI is InChI=1S/C21H41N5O2.HI/c1-5-22-21(23-10-9-20(27)26-11-7-6-8-18(26)4)24-14-19-16-25(12-13-28-19)15-17(2)3;/h17-19H,5-16H2,1-4H3,(H2,22,23,24);1H. The lowest BCUT2D eigenvalue weighted by atomic mass is 10.0. The average molecular weight is 524 g/mol. The van der Waals surface area contributed by atoms with E-state index in [4.69, 9.17) is 9.73 Å². The Morgan fingerprint density at radius 1 is 1.24 bits per heavy atom. The third-order valence-corrected chi connectivity index (χ3v) is 5.40. The van der Waals surface area contributed by atoms with E-state index in [9.17, 15) is 4.79 Å². The second kappa shape index (κ2) is 14.4. The van der Waals surface area contributed by atoms with Crippen molar-refractivity contribution >= 4 is 35.8 Å². The van der Waals surface area contributed by atoms with Crippen LogP contribution < -0.4 is 10.6 Å². The van der Waals surface area contributed by atoms with Crippen LogP contribution in [0.25, 0.3) is 0 Å². The summed E-state index contributed by atoms with van der Waals surface area (Å²) >= 11 is 0. The molecule has 0 saturated carbocycles. The quantitative estimate of drug-likeness (QED) is 0.291. The number of nitrogens with zero attached hydrogens (tertiary/aromatic N) is 3. The van der Waals surface area contributed by atoms with Crippen molar-refractivity contribution in [1.29, 1.82) is 0 Å². The summed E-state index contributed by atoms with van der Waals surface area (Å²) in [5.41, 5.74) is 0. The first-order chi connectivity index (χ1) is 13.5. The Labute approximate surface area is 194 Å². The molecule has 2 heterocycles. The number of likely N-dealkylation sites (tertiary alicyclic amines) is 1. The summed E-state index contributed by atoms with van der Waals surface area (Å²) in [6.07, 6.45) is 4.13. The minimum Gasteiger partial charge on any atom is -0.374 e. The summed E-state index contributed by atoms with van der Waals surface area (Å²) in [6.45, 7) is 15.5. The lowest BCUT2D eigenvalue weighted by molar-refractivity contribution is -0.134. The molecule has 7 nitrogen and oxygen atoms in total. The predicted octanol–water partition coefficient (Wildman–Crippen LogP) is 2.31. The highest BCUT2D eigenvalue weighted by Gasteiger charge is 2.23. The topological polar surface area (TPSA) is 69.2 Å². The van der Waals surface area contributed by atoms with Gasteiger partial charge in [-0.2, -0.15) is 0 Å². The molecule has 170 valence electrons.